The number of nitrogens with zero attached hydrogens (tertiary/aromatic N) is 1. The van der Waals surface area contributed by atoms with Crippen molar-refractivity contribution in [3.63, 3.8) is 0 Å². The van der Waals surface area contributed by atoms with Gasteiger partial charge in [-0.1, -0.05) is 6.07 Å². The van der Waals surface area contributed by atoms with Gasteiger partial charge in [0.15, 0.2) is 11.6 Å². The van der Waals surface area contributed by atoms with Gasteiger partial charge in [0, 0.05) is 11.6 Å². The summed E-state index contributed by atoms with van der Waals surface area (Å²) < 4.78 is 19.0. The zero-order chi connectivity index (χ0) is 14.7. The Labute approximate surface area is 125 Å². The highest BCUT2D eigenvalue weighted by atomic mass is 35.5. The Morgan fingerprint density at radius 3 is 2.57 bits per heavy atom. The molecule has 0 aliphatic heterocycles. The number of non-ortho nitro benzene ring substituents is 1. The van der Waals surface area contributed by atoms with E-state index in [0.717, 1.165) is 6.07 Å². The molecule has 0 saturated carbocycles. The van der Waals surface area contributed by atoms with E-state index in [1.165, 1.54) is 36.4 Å². The fourth-order valence-corrected chi connectivity index (χ4v) is 1.54. The van der Waals surface area contributed by atoms with Crippen molar-refractivity contribution in [2.45, 2.75) is 0 Å². The number of nitrogen functional groups attached to an aromatic ring is 1. The summed E-state index contributed by atoms with van der Waals surface area (Å²) in [5, 5.41) is 17.8. The number of nitrogens with two attached hydrogens (primary N) is 1. The number of nitrogens with one attached hydrogen (secondary N) is 1. The van der Waals surface area contributed by atoms with Crippen LogP contribution in [0.1, 0.15) is 5.56 Å². The molecular weight excluding hydrogens is 301 g/mol. The van der Waals surface area contributed by atoms with Crippen LogP contribution in [-0.4, -0.2) is 10.8 Å². The molecule has 2 rings (SSSR count). The molecule has 0 unspecified atom stereocenters. The van der Waals surface area contributed by atoms with Gasteiger partial charge >= 0.3 is 0 Å². The number of nitro groups is 1. The van der Waals surface area contributed by atoms with Crippen LogP contribution in [0, 0.1) is 21.3 Å². The van der Waals surface area contributed by atoms with E-state index in [4.69, 9.17) is 15.9 Å². The van der Waals surface area contributed by atoms with Gasteiger partial charge < -0.3 is 10.5 Å². The monoisotopic (exact) mass is 311 g/mol. The Hall–Kier alpha value is -2.67. The second-order valence-electron chi connectivity index (χ2n) is 3.92. The van der Waals surface area contributed by atoms with Crippen molar-refractivity contribution in [1.29, 1.82) is 5.41 Å². The smallest absolute Gasteiger partial charge is 0.273 e. The molecule has 0 spiro atoms. The van der Waals surface area contributed by atoms with E-state index >= 15 is 0 Å². The Morgan fingerprint density at radius 1 is 1.29 bits per heavy atom. The normalized spacial score (nSPS) is 9.57. The minimum absolute atomic E-state index is 0. The molecular formula is C13H11ClFN3O3. The summed E-state index contributed by atoms with van der Waals surface area (Å²) in [7, 11) is 0. The number of rotatable bonds is 4. The van der Waals surface area contributed by atoms with Gasteiger partial charge in [0.05, 0.1) is 11.0 Å². The highest BCUT2D eigenvalue weighted by molar-refractivity contribution is 5.95. The van der Waals surface area contributed by atoms with E-state index in [1.54, 1.807) is 0 Å². The number of amidine groups is 1. The summed E-state index contributed by atoms with van der Waals surface area (Å²) in [5.74, 6) is -0.917. The maximum absolute atomic E-state index is 13.7. The average molecular weight is 312 g/mol. The SMILES string of the molecule is Cl.N=C(N)c1ccc(Oc2cccc([N+](=O)[O-])c2)c(F)c1. The number of ether oxygens (including phenoxy) is 1. The minimum Gasteiger partial charge on any atom is -0.454 e. The fourth-order valence-electron chi connectivity index (χ4n) is 1.54. The molecule has 110 valence electrons. The third-order valence-electron chi connectivity index (χ3n) is 2.50. The van der Waals surface area contributed by atoms with Crippen LogP contribution in [0.25, 0.3) is 0 Å². The zero-order valence-corrected chi connectivity index (χ0v) is 11.4. The van der Waals surface area contributed by atoms with Crippen molar-refractivity contribution in [2.75, 3.05) is 0 Å². The lowest BCUT2D eigenvalue weighted by Gasteiger charge is -2.07. The maximum atomic E-state index is 13.7. The largest absolute Gasteiger partial charge is 0.454 e. The summed E-state index contributed by atoms with van der Waals surface area (Å²) in [6.45, 7) is 0. The molecule has 0 radical (unpaired) electrons. The lowest BCUT2D eigenvalue weighted by Crippen LogP contribution is -2.11. The Morgan fingerprint density at radius 2 is 2.00 bits per heavy atom. The molecule has 0 saturated heterocycles. The van der Waals surface area contributed by atoms with Crippen LogP contribution in [0.15, 0.2) is 42.5 Å². The van der Waals surface area contributed by atoms with Gasteiger partial charge in [-0.15, -0.1) is 12.4 Å². The summed E-state index contributed by atoms with van der Waals surface area (Å²) in [6.07, 6.45) is 0. The van der Waals surface area contributed by atoms with Gasteiger partial charge in [0.1, 0.15) is 11.6 Å². The van der Waals surface area contributed by atoms with Crippen molar-refractivity contribution >= 4 is 23.9 Å². The van der Waals surface area contributed by atoms with Crippen LogP contribution in [0.4, 0.5) is 10.1 Å². The molecule has 21 heavy (non-hydrogen) atoms. The van der Waals surface area contributed by atoms with Gasteiger partial charge in [0.25, 0.3) is 5.69 Å². The number of hydrogen-bond acceptors (Lipinski definition) is 4. The number of nitro benzene ring substituents is 1. The third kappa shape index (κ3) is 3.90. The molecule has 0 bridgehead atoms. The lowest BCUT2D eigenvalue weighted by atomic mass is 10.2. The van der Waals surface area contributed by atoms with E-state index in [-0.39, 0.29) is 41.0 Å². The van der Waals surface area contributed by atoms with Crippen LogP contribution in [-0.2, 0) is 0 Å². The van der Waals surface area contributed by atoms with Crippen molar-refractivity contribution in [2.24, 2.45) is 5.73 Å². The third-order valence-corrected chi connectivity index (χ3v) is 2.50. The van der Waals surface area contributed by atoms with Crippen molar-refractivity contribution < 1.29 is 14.1 Å². The van der Waals surface area contributed by atoms with Gasteiger partial charge in [-0.25, -0.2) is 4.39 Å². The molecule has 2 aromatic carbocycles. The Kier molecular flexibility index (Phi) is 5.20. The minimum atomic E-state index is -0.704. The topological polar surface area (TPSA) is 102 Å². The predicted molar refractivity (Wildman–Crippen MR) is 77.8 cm³/mol. The van der Waals surface area contributed by atoms with E-state index in [2.05, 4.69) is 0 Å². The molecule has 2 aromatic rings. The standard InChI is InChI=1S/C13H10FN3O3.ClH/c14-11-6-8(13(15)16)4-5-12(11)20-10-3-1-2-9(7-10)17(18)19;/h1-7H,(H3,15,16);1H. The molecule has 0 aliphatic carbocycles. The molecule has 0 atom stereocenters. The number of benzene rings is 2. The molecule has 0 aromatic heterocycles. The van der Waals surface area contributed by atoms with E-state index in [0.29, 0.717) is 0 Å². The van der Waals surface area contributed by atoms with E-state index in [1.807, 2.05) is 0 Å². The number of halogens is 2. The van der Waals surface area contributed by atoms with Crippen molar-refractivity contribution in [1.82, 2.24) is 0 Å². The van der Waals surface area contributed by atoms with Gasteiger partial charge in [-0.3, -0.25) is 15.5 Å². The van der Waals surface area contributed by atoms with Gasteiger partial charge in [0.2, 0.25) is 0 Å². The molecule has 6 nitrogen and oxygen atoms in total. The molecule has 8 heteroatoms. The molecule has 0 aliphatic rings. The summed E-state index contributed by atoms with van der Waals surface area (Å²) >= 11 is 0. The Balaban J connectivity index is 0.00000220. The van der Waals surface area contributed by atoms with Crippen LogP contribution >= 0.6 is 12.4 Å². The molecule has 0 amide bonds. The highest BCUT2D eigenvalue weighted by Gasteiger charge is 2.10. The zero-order valence-electron chi connectivity index (χ0n) is 10.6. The summed E-state index contributed by atoms with van der Waals surface area (Å²) in [6, 6.07) is 9.22. The van der Waals surface area contributed by atoms with Crippen molar-refractivity contribution in [3.8, 4) is 11.5 Å². The fraction of sp³-hybridized carbons (Fsp3) is 0. The lowest BCUT2D eigenvalue weighted by molar-refractivity contribution is -0.384. The second kappa shape index (κ2) is 6.67. The van der Waals surface area contributed by atoms with Gasteiger partial charge in [-0.05, 0) is 24.3 Å². The van der Waals surface area contributed by atoms with E-state index < -0.39 is 10.7 Å². The number of hydrogen-bond donors (Lipinski definition) is 2. The van der Waals surface area contributed by atoms with Crippen LogP contribution in [0.2, 0.25) is 0 Å². The van der Waals surface area contributed by atoms with Gasteiger partial charge in [-0.2, -0.15) is 0 Å². The summed E-state index contributed by atoms with van der Waals surface area (Å²) in [5.41, 5.74) is 5.32. The average Bonchev–Trinajstić information content (AvgIpc) is 2.41. The highest BCUT2D eigenvalue weighted by Crippen LogP contribution is 2.27. The predicted octanol–water partition coefficient (Wildman–Crippen LogP) is 3.23. The first-order valence-electron chi connectivity index (χ1n) is 5.53. The first-order valence-corrected chi connectivity index (χ1v) is 5.53. The molecule has 3 N–H and O–H groups in total. The quantitative estimate of drug-likeness (QED) is 0.391. The first-order chi connectivity index (χ1) is 9.47. The van der Waals surface area contributed by atoms with Crippen molar-refractivity contribution in [3.05, 3.63) is 64.0 Å². The second-order valence-corrected chi connectivity index (χ2v) is 3.92. The molecule has 0 heterocycles. The van der Waals surface area contributed by atoms with Crippen LogP contribution < -0.4 is 10.5 Å². The van der Waals surface area contributed by atoms with Crippen LogP contribution in [0.5, 0.6) is 11.5 Å². The van der Waals surface area contributed by atoms with E-state index in [9.17, 15) is 14.5 Å². The Bertz CT molecular complexity index is 694. The maximum Gasteiger partial charge on any atom is 0.273 e. The summed E-state index contributed by atoms with van der Waals surface area (Å²) in [4.78, 5) is 10.1. The van der Waals surface area contributed by atoms with Crippen LogP contribution in [0.3, 0.4) is 0 Å². The first kappa shape index (κ1) is 16.4. The molecule has 0 fully saturated rings.